The largest absolute Gasteiger partial charge is 0.350 e. The second-order valence-corrected chi connectivity index (χ2v) is 5.39. The monoisotopic (exact) mass is 283 g/mol. The highest BCUT2D eigenvalue weighted by molar-refractivity contribution is 6.31. The summed E-state index contributed by atoms with van der Waals surface area (Å²) in [6, 6.07) is 5.11. The number of halogens is 1. The van der Waals surface area contributed by atoms with Crippen molar-refractivity contribution < 1.29 is 4.79 Å². The molecule has 4 nitrogen and oxygen atoms in total. The minimum Gasteiger partial charge on any atom is -0.350 e. The molecule has 0 aromatic heterocycles. The molecule has 0 aliphatic rings. The van der Waals surface area contributed by atoms with Crippen molar-refractivity contribution in [1.29, 1.82) is 0 Å². The number of nitrogens with two attached hydrogens (primary N) is 1. The first-order chi connectivity index (χ1) is 8.97. The van der Waals surface area contributed by atoms with Crippen LogP contribution in [0.15, 0.2) is 18.2 Å². The van der Waals surface area contributed by atoms with Gasteiger partial charge in [-0.25, -0.2) is 0 Å². The zero-order valence-corrected chi connectivity index (χ0v) is 12.4. The van der Waals surface area contributed by atoms with Crippen molar-refractivity contribution >= 4 is 23.2 Å². The summed E-state index contributed by atoms with van der Waals surface area (Å²) in [5.41, 5.74) is 3.54. The van der Waals surface area contributed by atoms with Gasteiger partial charge in [-0.2, -0.15) is 0 Å². The summed E-state index contributed by atoms with van der Waals surface area (Å²) in [5, 5.41) is 3.48. The average molecular weight is 284 g/mol. The second kappa shape index (κ2) is 7.36. The van der Waals surface area contributed by atoms with Crippen LogP contribution in [0, 0.1) is 5.92 Å². The number of hydrazine groups is 1. The van der Waals surface area contributed by atoms with Gasteiger partial charge in [0.05, 0.1) is 11.3 Å². The van der Waals surface area contributed by atoms with Crippen molar-refractivity contribution in [2.45, 2.75) is 39.7 Å². The lowest BCUT2D eigenvalue weighted by molar-refractivity contribution is 0.0936. The molecule has 2 atom stereocenters. The second-order valence-electron chi connectivity index (χ2n) is 4.96. The van der Waals surface area contributed by atoms with E-state index in [1.807, 2.05) is 6.92 Å². The van der Waals surface area contributed by atoms with Crippen LogP contribution >= 0.6 is 11.6 Å². The summed E-state index contributed by atoms with van der Waals surface area (Å²) in [6.07, 6.45) is 2.06. The van der Waals surface area contributed by atoms with Crippen LogP contribution in [0.2, 0.25) is 5.02 Å². The van der Waals surface area contributed by atoms with Crippen LogP contribution in [0.5, 0.6) is 0 Å². The quantitative estimate of drug-likeness (QED) is 0.555. The SMILES string of the molecule is CCC(C)CC(C)NC(=O)c1cc(Cl)ccc1NN. The summed E-state index contributed by atoms with van der Waals surface area (Å²) in [4.78, 5) is 12.2. The minimum atomic E-state index is -0.161. The lowest BCUT2D eigenvalue weighted by Crippen LogP contribution is -2.34. The zero-order valence-electron chi connectivity index (χ0n) is 11.7. The molecule has 4 N–H and O–H groups in total. The maximum absolute atomic E-state index is 12.2. The summed E-state index contributed by atoms with van der Waals surface area (Å²) < 4.78 is 0. The highest BCUT2D eigenvalue weighted by Gasteiger charge is 2.15. The molecule has 0 aliphatic heterocycles. The number of carbonyl (C=O) groups excluding carboxylic acids is 1. The molecule has 1 amide bonds. The topological polar surface area (TPSA) is 67.2 Å². The summed E-state index contributed by atoms with van der Waals surface area (Å²) >= 11 is 5.91. The number of benzene rings is 1. The molecule has 106 valence electrons. The van der Waals surface area contributed by atoms with Crippen molar-refractivity contribution in [2.75, 3.05) is 5.43 Å². The number of hydrogen-bond donors (Lipinski definition) is 3. The number of carbonyl (C=O) groups is 1. The van der Waals surface area contributed by atoms with Gasteiger partial charge in [-0.05, 0) is 37.5 Å². The Bertz CT molecular complexity index is 437. The van der Waals surface area contributed by atoms with E-state index in [0.717, 1.165) is 12.8 Å². The van der Waals surface area contributed by atoms with Crippen LogP contribution in [0.1, 0.15) is 44.0 Å². The van der Waals surface area contributed by atoms with Crippen molar-refractivity contribution in [3.05, 3.63) is 28.8 Å². The van der Waals surface area contributed by atoms with Gasteiger partial charge in [0.1, 0.15) is 0 Å². The molecule has 0 heterocycles. The van der Waals surface area contributed by atoms with Gasteiger partial charge in [0, 0.05) is 11.1 Å². The van der Waals surface area contributed by atoms with Crippen LogP contribution in [0.25, 0.3) is 0 Å². The molecule has 0 radical (unpaired) electrons. The van der Waals surface area contributed by atoms with Crippen LogP contribution in [-0.4, -0.2) is 11.9 Å². The fourth-order valence-electron chi connectivity index (χ4n) is 1.96. The third-order valence-electron chi connectivity index (χ3n) is 3.21. The van der Waals surface area contributed by atoms with Crippen molar-refractivity contribution in [3.8, 4) is 0 Å². The van der Waals surface area contributed by atoms with E-state index in [1.54, 1.807) is 18.2 Å². The molecular formula is C14H22ClN3O. The molecule has 0 saturated heterocycles. The van der Waals surface area contributed by atoms with Gasteiger partial charge < -0.3 is 10.7 Å². The highest BCUT2D eigenvalue weighted by Crippen LogP contribution is 2.20. The Hall–Kier alpha value is -1.26. The Kier molecular flexibility index (Phi) is 6.12. The van der Waals surface area contributed by atoms with Crippen LogP contribution in [0.3, 0.4) is 0 Å². The Labute approximate surface area is 119 Å². The van der Waals surface area contributed by atoms with Gasteiger partial charge in [-0.15, -0.1) is 0 Å². The molecule has 0 bridgehead atoms. The van der Waals surface area contributed by atoms with Gasteiger partial charge in [0.2, 0.25) is 0 Å². The van der Waals surface area contributed by atoms with Crippen LogP contribution in [-0.2, 0) is 0 Å². The number of nitrogen functional groups attached to an aromatic ring is 1. The van der Waals surface area contributed by atoms with Gasteiger partial charge in [0.25, 0.3) is 5.91 Å². The molecule has 1 aromatic carbocycles. The Morgan fingerprint density at radius 2 is 2.11 bits per heavy atom. The van der Waals surface area contributed by atoms with E-state index in [4.69, 9.17) is 17.4 Å². The predicted molar refractivity (Wildman–Crippen MR) is 80.3 cm³/mol. The molecule has 2 unspecified atom stereocenters. The van der Waals surface area contributed by atoms with Crippen molar-refractivity contribution in [1.82, 2.24) is 5.32 Å². The van der Waals surface area contributed by atoms with E-state index < -0.39 is 0 Å². The number of rotatable bonds is 6. The molecule has 1 aromatic rings. The molecular weight excluding hydrogens is 262 g/mol. The summed E-state index contributed by atoms with van der Waals surface area (Å²) in [6.45, 7) is 6.33. The minimum absolute atomic E-state index is 0.118. The molecule has 1 rings (SSSR count). The Balaban J connectivity index is 2.75. The van der Waals surface area contributed by atoms with Gasteiger partial charge >= 0.3 is 0 Å². The molecule has 0 fully saturated rings. The first kappa shape index (κ1) is 15.8. The fourth-order valence-corrected chi connectivity index (χ4v) is 2.13. The van der Waals surface area contributed by atoms with Crippen molar-refractivity contribution in [2.24, 2.45) is 11.8 Å². The van der Waals surface area contributed by atoms with Gasteiger partial charge in [-0.1, -0.05) is 31.9 Å². The number of amides is 1. The fraction of sp³-hybridized carbons (Fsp3) is 0.500. The molecule has 19 heavy (non-hydrogen) atoms. The first-order valence-corrected chi connectivity index (χ1v) is 6.92. The van der Waals surface area contributed by atoms with E-state index in [9.17, 15) is 4.79 Å². The lowest BCUT2D eigenvalue weighted by atomic mass is 10.00. The predicted octanol–water partition coefficient (Wildman–Crippen LogP) is 3.18. The van der Waals surface area contributed by atoms with E-state index in [-0.39, 0.29) is 11.9 Å². The van der Waals surface area contributed by atoms with E-state index in [2.05, 4.69) is 24.6 Å². The Morgan fingerprint density at radius 3 is 2.68 bits per heavy atom. The number of anilines is 1. The van der Waals surface area contributed by atoms with Crippen LogP contribution < -0.4 is 16.6 Å². The molecule has 0 spiro atoms. The normalized spacial score (nSPS) is 13.7. The van der Waals surface area contributed by atoms with E-state index in [1.165, 1.54) is 0 Å². The smallest absolute Gasteiger partial charge is 0.253 e. The first-order valence-electron chi connectivity index (χ1n) is 6.55. The molecule has 5 heteroatoms. The third kappa shape index (κ3) is 4.73. The van der Waals surface area contributed by atoms with Gasteiger partial charge in [0.15, 0.2) is 0 Å². The van der Waals surface area contributed by atoms with E-state index in [0.29, 0.717) is 22.2 Å². The Morgan fingerprint density at radius 1 is 1.42 bits per heavy atom. The third-order valence-corrected chi connectivity index (χ3v) is 3.45. The summed E-state index contributed by atoms with van der Waals surface area (Å²) in [7, 11) is 0. The number of hydrogen-bond acceptors (Lipinski definition) is 3. The van der Waals surface area contributed by atoms with E-state index >= 15 is 0 Å². The summed E-state index contributed by atoms with van der Waals surface area (Å²) in [5.74, 6) is 5.82. The lowest BCUT2D eigenvalue weighted by Gasteiger charge is -2.18. The zero-order chi connectivity index (χ0) is 14.4. The maximum atomic E-state index is 12.2. The molecule has 0 saturated carbocycles. The van der Waals surface area contributed by atoms with Crippen LogP contribution in [0.4, 0.5) is 5.69 Å². The maximum Gasteiger partial charge on any atom is 0.253 e. The number of nitrogens with one attached hydrogen (secondary N) is 2. The van der Waals surface area contributed by atoms with Gasteiger partial charge in [-0.3, -0.25) is 10.6 Å². The standard InChI is InChI=1S/C14H22ClN3O/c1-4-9(2)7-10(3)17-14(19)12-8-11(15)5-6-13(12)18-16/h5-6,8-10,18H,4,7,16H2,1-3H3,(H,17,19). The van der Waals surface area contributed by atoms with Crippen molar-refractivity contribution in [3.63, 3.8) is 0 Å². The average Bonchev–Trinajstić information content (AvgIpc) is 2.38. The highest BCUT2D eigenvalue weighted by atomic mass is 35.5. The molecule has 0 aliphatic carbocycles.